The summed E-state index contributed by atoms with van der Waals surface area (Å²) in [6, 6.07) is 54.4. The number of aromatic nitrogens is 15. The van der Waals surface area contributed by atoms with Crippen molar-refractivity contribution in [2.45, 2.75) is 44.2 Å². The van der Waals surface area contributed by atoms with Gasteiger partial charge >= 0.3 is 0 Å². The number of aromatic amines is 2. The monoisotopic (exact) mass is 1420 g/mol. The van der Waals surface area contributed by atoms with Gasteiger partial charge in [-0.15, -0.1) is 23.5 Å². The zero-order chi connectivity index (χ0) is 65.1. The number of benzene rings is 5. The molecule has 0 aliphatic rings. The molecule has 0 atom stereocenters. The number of hydrogen-bond donors (Lipinski definition) is 2. The SMILES string of the molecule is COc1c(-c2ccccc2)cnc2c(-c3ccccc3)cnn12.COc1ccc(-c2c(C)[nH]n3c(=S)cc(C)nc23)cc1OC.CSc1ccnc2c(I)cnn12.CSc1ccnc2ccnn12.Cc1nc2c(-c3ccccc3)c(C)[nH]n2c(=S)c1Cc1ccccc1. The zero-order valence-corrected chi connectivity index (χ0v) is 57.7. The number of fused-ring (bicyclic) bond motifs is 5. The van der Waals surface area contributed by atoms with E-state index in [9.17, 15) is 0 Å². The van der Waals surface area contributed by atoms with Crippen molar-refractivity contribution < 1.29 is 14.2 Å². The van der Waals surface area contributed by atoms with Crippen molar-refractivity contribution in [3.05, 3.63) is 248 Å². The molecule has 0 radical (unpaired) electrons. The fraction of sp³-hybridized carbons (Fsp3) is 0.143. The lowest BCUT2D eigenvalue weighted by molar-refractivity contribution is 0.355. The Morgan fingerprint density at radius 1 is 0.495 bits per heavy atom. The number of ether oxygens (including phenoxy) is 3. The van der Waals surface area contributed by atoms with Crippen LogP contribution in [0, 0.1) is 40.5 Å². The van der Waals surface area contributed by atoms with Gasteiger partial charge in [-0.1, -0.05) is 152 Å². The van der Waals surface area contributed by atoms with Crippen molar-refractivity contribution in [2.24, 2.45) is 0 Å². The van der Waals surface area contributed by atoms with Gasteiger partial charge in [-0.05, 0) is 121 Å². The highest BCUT2D eigenvalue weighted by molar-refractivity contribution is 14.1. The van der Waals surface area contributed by atoms with Gasteiger partial charge in [0.15, 0.2) is 39.7 Å². The Hall–Kier alpha value is -9.53. The molecule has 0 saturated carbocycles. The standard InChI is InChI=1S/C21H19N3S.C19H15N3O.C16H17N3O2S.C7H6IN3S.C7H7N3S/c1-14-18(13-16-9-5-3-6-10-16)21(25)24-20(22-14)19(15(2)23-24)17-11-7-4-8-12-17;1-23-19-17(15-10-6-3-7-11-15)12-20-18-16(13-21-22(18)19)14-8-4-2-5-9-14;1-9-7-14(22)19-16(17-9)15(10(2)18-19)11-5-6-12(20-3)13(8-11)21-4;1-12-6-2-3-9-7-5(8)4-10-11(6)7;1-11-7-3-4-8-6-2-5-9-10(6)7/h3-12,23H,13H2,1-2H3;2-13H,1H3;5-8,18H,1-4H3;2-4H,1H3;2-5H,1H3. The number of nitrogens with one attached hydrogen (secondary N) is 2. The number of halogens is 1. The summed E-state index contributed by atoms with van der Waals surface area (Å²) in [5, 5.41) is 21.7. The highest BCUT2D eigenvalue weighted by atomic mass is 127. The van der Waals surface area contributed by atoms with Crippen LogP contribution in [0.15, 0.2) is 211 Å². The highest BCUT2D eigenvalue weighted by Crippen LogP contribution is 2.37. The predicted molar refractivity (Wildman–Crippen MR) is 386 cm³/mol. The van der Waals surface area contributed by atoms with E-state index in [1.165, 1.54) is 5.56 Å². The quantitative estimate of drug-likeness (QED) is 0.0539. The van der Waals surface area contributed by atoms with E-state index in [0.29, 0.717) is 22.0 Å². The fourth-order valence-electron chi connectivity index (χ4n) is 10.6. The topological polar surface area (TPSA) is 184 Å². The lowest BCUT2D eigenvalue weighted by atomic mass is 10.0. The molecule has 0 spiro atoms. The molecule has 93 heavy (non-hydrogen) atoms. The van der Waals surface area contributed by atoms with Crippen LogP contribution in [0.4, 0.5) is 0 Å². The number of thioether (sulfide) groups is 2. The molecule has 23 heteroatoms. The first-order valence-corrected chi connectivity index (χ1v) is 33.5. The average molecular weight is 1420 g/mol. The molecule has 10 heterocycles. The Balaban J connectivity index is 0.000000123. The third kappa shape index (κ3) is 14.1. The predicted octanol–water partition coefficient (Wildman–Crippen LogP) is 16.5. The molecule has 0 saturated heterocycles. The zero-order valence-electron chi connectivity index (χ0n) is 52.3. The van der Waals surface area contributed by atoms with Crippen LogP contribution in [-0.4, -0.2) is 107 Å². The molecule has 0 fully saturated rings. The van der Waals surface area contributed by atoms with E-state index in [1.54, 1.807) is 61.8 Å². The Morgan fingerprint density at radius 2 is 1.08 bits per heavy atom. The first-order valence-electron chi connectivity index (χ1n) is 29.2. The van der Waals surface area contributed by atoms with Crippen molar-refractivity contribution in [3.8, 4) is 61.9 Å². The molecule has 10 aromatic heterocycles. The van der Waals surface area contributed by atoms with Crippen LogP contribution >= 0.6 is 70.6 Å². The van der Waals surface area contributed by atoms with Gasteiger partial charge in [-0.2, -0.15) is 19.8 Å². The third-order valence-corrected chi connectivity index (χ3v) is 17.9. The van der Waals surface area contributed by atoms with Crippen LogP contribution in [-0.2, 0) is 6.42 Å². The van der Waals surface area contributed by atoms with Gasteiger partial charge in [0.2, 0.25) is 5.88 Å². The summed E-state index contributed by atoms with van der Waals surface area (Å²) in [5.41, 5.74) is 18.9. The molecule has 0 aliphatic carbocycles. The minimum atomic E-state index is 0.684. The molecule has 0 bridgehead atoms. The molecule has 2 N–H and O–H groups in total. The van der Waals surface area contributed by atoms with Crippen molar-refractivity contribution in [2.75, 3.05) is 33.8 Å². The van der Waals surface area contributed by atoms with Crippen molar-refractivity contribution in [3.63, 3.8) is 0 Å². The lowest BCUT2D eigenvalue weighted by Gasteiger charge is -2.10. The van der Waals surface area contributed by atoms with Crippen LogP contribution in [0.3, 0.4) is 0 Å². The number of nitrogens with zero attached hydrogens (tertiary/aromatic N) is 13. The molecule has 0 aliphatic heterocycles. The third-order valence-electron chi connectivity index (χ3n) is 15.0. The number of H-pyrrole nitrogens is 2. The molecule has 18 nitrogen and oxygen atoms in total. The maximum absolute atomic E-state index is 5.79. The van der Waals surface area contributed by atoms with Crippen molar-refractivity contribution >= 4 is 98.8 Å². The number of hydrogen-bond acceptors (Lipinski definition) is 15. The van der Waals surface area contributed by atoms with E-state index in [4.69, 9.17) is 43.6 Å². The van der Waals surface area contributed by atoms with Crippen molar-refractivity contribution in [1.82, 2.24) is 73.0 Å². The van der Waals surface area contributed by atoms with Crippen molar-refractivity contribution in [1.29, 1.82) is 0 Å². The van der Waals surface area contributed by atoms with Gasteiger partial charge in [-0.3, -0.25) is 10.2 Å². The summed E-state index contributed by atoms with van der Waals surface area (Å²) in [6.45, 7) is 8.06. The summed E-state index contributed by atoms with van der Waals surface area (Å²) in [5.74, 6) is 2.07. The second-order valence-corrected chi connectivity index (χ2v) is 24.5. The van der Waals surface area contributed by atoms with Gasteiger partial charge < -0.3 is 14.2 Å². The van der Waals surface area contributed by atoms with Gasteiger partial charge in [0.25, 0.3) is 0 Å². The summed E-state index contributed by atoms with van der Waals surface area (Å²) in [7, 11) is 4.91. The van der Waals surface area contributed by atoms with E-state index in [-0.39, 0.29) is 0 Å². The molecule has 15 rings (SSSR count). The normalized spacial score (nSPS) is 10.9. The minimum absolute atomic E-state index is 0.684. The first-order chi connectivity index (χ1) is 45.3. The number of rotatable bonds is 11. The Kier molecular flexibility index (Phi) is 20.8. The molecular weight excluding hydrogens is 1350 g/mol. The van der Waals surface area contributed by atoms with Gasteiger partial charge in [0.1, 0.15) is 19.3 Å². The van der Waals surface area contributed by atoms with E-state index in [1.807, 2.05) is 191 Å². The smallest absolute Gasteiger partial charge is 0.225 e. The number of methoxy groups -OCH3 is 3. The number of aryl methyl sites for hydroxylation is 4. The Labute approximate surface area is 569 Å². The van der Waals surface area contributed by atoms with Crippen LogP contribution in [0.5, 0.6) is 17.4 Å². The van der Waals surface area contributed by atoms with Crippen LogP contribution in [0.2, 0.25) is 0 Å². The Morgan fingerprint density at radius 3 is 1.72 bits per heavy atom. The summed E-state index contributed by atoms with van der Waals surface area (Å²) >= 11 is 16.8. The lowest BCUT2D eigenvalue weighted by Crippen LogP contribution is -2.03. The summed E-state index contributed by atoms with van der Waals surface area (Å²) < 4.78 is 28.1. The molecular formula is C70H64IN15O3S4. The molecule has 5 aromatic carbocycles. The molecule has 468 valence electrons. The highest BCUT2D eigenvalue weighted by Gasteiger charge is 2.19. The van der Waals surface area contributed by atoms with E-state index >= 15 is 0 Å². The van der Waals surface area contributed by atoms with Crippen LogP contribution < -0.4 is 14.2 Å². The van der Waals surface area contributed by atoms with Crippen LogP contribution in [0.25, 0.3) is 72.7 Å². The van der Waals surface area contributed by atoms with Gasteiger partial charge in [0.05, 0.1) is 49.1 Å². The van der Waals surface area contributed by atoms with Gasteiger partial charge in [0, 0.05) is 76.1 Å². The Bertz CT molecular complexity index is 5190. The van der Waals surface area contributed by atoms with E-state index in [0.717, 1.165) is 126 Å². The molecule has 0 unspecified atom stereocenters. The minimum Gasteiger partial charge on any atom is -0.493 e. The summed E-state index contributed by atoms with van der Waals surface area (Å²) in [4.78, 5) is 22.5. The maximum atomic E-state index is 5.79. The first kappa shape index (κ1) is 65.0. The van der Waals surface area contributed by atoms with Gasteiger partial charge in [-0.25, -0.2) is 43.0 Å². The van der Waals surface area contributed by atoms with E-state index in [2.05, 4.69) is 123 Å². The maximum Gasteiger partial charge on any atom is 0.225 e. The largest absolute Gasteiger partial charge is 0.493 e. The fourth-order valence-corrected chi connectivity index (χ4v) is 12.7. The summed E-state index contributed by atoms with van der Waals surface area (Å²) in [6.07, 6.45) is 15.7. The van der Waals surface area contributed by atoms with Crippen LogP contribution in [0.1, 0.15) is 33.9 Å². The molecule has 15 aromatic rings. The molecule has 0 amide bonds. The second-order valence-electron chi connectivity index (χ2n) is 20.9. The average Bonchev–Trinajstić information content (AvgIpc) is 1.66. The van der Waals surface area contributed by atoms with E-state index < -0.39 is 0 Å². The second kappa shape index (κ2) is 29.8.